The van der Waals surface area contributed by atoms with E-state index in [0.29, 0.717) is 6.42 Å². The Labute approximate surface area is 208 Å². The van der Waals surface area contributed by atoms with Gasteiger partial charge in [0.25, 0.3) is 0 Å². The van der Waals surface area contributed by atoms with Crippen LogP contribution in [0.25, 0.3) is 0 Å². The molecule has 2 unspecified atom stereocenters. The molecular formula is C22H35N3O7S2. The SMILES string of the molecule is CC[C@@H](C)C1NC(=O)CNC(=O)CNC(=O)C[C@@H](/C=C/CCSSC)OC(=O)CC1OC(C)=O. The molecule has 192 valence electrons. The van der Waals surface area contributed by atoms with Gasteiger partial charge < -0.3 is 25.4 Å². The van der Waals surface area contributed by atoms with Gasteiger partial charge in [-0.1, -0.05) is 47.9 Å². The van der Waals surface area contributed by atoms with Gasteiger partial charge in [-0.3, -0.25) is 24.0 Å². The third-order valence-electron chi connectivity index (χ3n) is 5.07. The minimum absolute atomic E-state index is 0.139. The average molecular weight is 518 g/mol. The third kappa shape index (κ3) is 12.3. The van der Waals surface area contributed by atoms with Crippen molar-refractivity contribution >= 4 is 51.2 Å². The molecule has 34 heavy (non-hydrogen) atoms. The predicted octanol–water partition coefficient (Wildman–Crippen LogP) is 1.34. The smallest absolute Gasteiger partial charge is 0.310 e. The van der Waals surface area contributed by atoms with Crippen LogP contribution in [0.1, 0.15) is 46.5 Å². The number of allylic oxidation sites excluding steroid dienone is 1. The fraction of sp³-hybridized carbons (Fsp3) is 0.682. The maximum absolute atomic E-state index is 12.8. The van der Waals surface area contributed by atoms with E-state index in [4.69, 9.17) is 9.47 Å². The molecule has 12 heteroatoms. The molecule has 0 aliphatic carbocycles. The van der Waals surface area contributed by atoms with Crippen LogP contribution in [-0.2, 0) is 33.4 Å². The van der Waals surface area contributed by atoms with Gasteiger partial charge in [-0.15, -0.1) is 0 Å². The Balaban J connectivity index is 3.14. The Hall–Kier alpha value is -2.21. The van der Waals surface area contributed by atoms with Gasteiger partial charge in [-0.2, -0.15) is 0 Å². The highest BCUT2D eigenvalue weighted by Crippen LogP contribution is 2.20. The number of hydrogen-bond donors (Lipinski definition) is 3. The standard InChI is InChI=1S/C22H35N3O7S2/c1-5-14(2)22-17(31-15(3)26)11-21(30)32-16(8-6-7-9-34-33-4)10-18(27)23-12-19(28)24-13-20(29)25-22/h6,8,14,16-17,22H,5,7,9-13H2,1-4H3,(H,23,27)(H,24,28)(H,25,29)/b8-6+/t14-,16-,17?,22?/m1/s1. The highest BCUT2D eigenvalue weighted by atomic mass is 33.1. The van der Waals surface area contributed by atoms with Gasteiger partial charge in [0.2, 0.25) is 17.7 Å². The van der Waals surface area contributed by atoms with Gasteiger partial charge in [-0.05, 0) is 24.7 Å². The lowest BCUT2D eigenvalue weighted by Crippen LogP contribution is -2.52. The molecular weight excluding hydrogens is 482 g/mol. The molecule has 0 aromatic carbocycles. The second kappa shape index (κ2) is 16.4. The summed E-state index contributed by atoms with van der Waals surface area (Å²) in [5.74, 6) is -2.07. The monoisotopic (exact) mass is 517 g/mol. The summed E-state index contributed by atoms with van der Waals surface area (Å²) in [6, 6.07) is -0.673. The number of carbonyl (C=O) groups excluding carboxylic acids is 5. The molecule has 1 saturated heterocycles. The van der Waals surface area contributed by atoms with Crippen molar-refractivity contribution in [3.05, 3.63) is 12.2 Å². The summed E-state index contributed by atoms with van der Waals surface area (Å²) in [6.07, 6.45) is 4.53. The highest BCUT2D eigenvalue weighted by molar-refractivity contribution is 8.76. The first kappa shape index (κ1) is 29.8. The van der Waals surface area contributed by atoms with Crippen molar-refractivity contribution in [3.8, 4) is 0 Å². The Morgan fingerprint density at radius 2 is 1.82 bits per heavy atom. The molecule has 0 radical (unpaired) electrons. The Morgan fingerprint density at radius 1 is 1.15 bits per heavy atom. The normalized spacial score (nSPS) is 24.2. The second-order valence-corrected chi connectivity index (χ2v) is 10.5. The molecule has 1 aliphatic heterocycles. The average Bonchev–Trinajstić information content (AvgIpc) is 2.78. The van der Waals surface area contributed by atoms with Gasteiger partial charge >= 0.3 is 11.9 Å². The van der Waals surface area contributed by atoms with Crippen molar-refractivity contribution < 1.29 is 33.4 Å². The lowest BCUT2D eigenvalue weighted by Gasteiger charge is -2.31. The molecule has 1 aliphatic rings. The van der Waals surface area contributed by atoms with Gasteiger partial charge in [-0.25, -0.2) is 0 Å². The molecule has 0 spiro atoms. The summed E-state index contributed by atoms with van der Waals surface area (Å²) in [5, 5.41) is 7.66. The zero-order chi connectivity index (χ0) is 25.5. The molecule has 1 rings (SSSR count). The first-order chi connectivity index (χ1) is 16.2. The third-order valence-corrected chi connectivity index (χ3v) is 6.91. The van der Waals surface area contributed by atoms with Crippen LogP contribution in [0.15, 0.2) is 12.2 Å². The Bertz CT molecular complexity index is 748. The first-order valence-corrected chi connectivity index (χ1v) is 13.9. The van der Waals surface area contributed by atoms with Crippen LogP contribution in [0.2, 0.25) is 0 Å². The van der Waals surface area contributed by atoms with E-state index in [1.165, 1.54) is 6.92 Å². The number of cyclic esters (lactones) is 1. The van der Waals surface area contributed by atoms with Crippen molar-refractivity contribution in [2.75, 3.05) is 25.1 Å². The van der Waals surface area contributed by atoms with Crippen LogP contribution >= 0.6 is 21.6 Å². The summed E-state index contributed by atoms with van der Waals surface area (Å²) in [7, 11) is 3.33. The molecule has 0 aromatic rings. The minimum atomic E-state index is -0.971. The van der Waals surface area contributed by atoms with Crippen LogP contribution in [-0.4, -0.2) is 73.0 Å². The van der Waals surface area contributed by atoms with E-state index in [0.717, 1.165) is 12.2 Å². The Kier molecular flexibility index (Phi) is 14.4. The number of rotatable bonds is 8. The van der Waals surface area contributed by atoms with E-state index in [1.54, 1.807) is 27.7 Å². The molecule has 3 N–H and O–H groups in total. The molecule has 1 fully saturated rings. The van der Waals surface area contributed by atoms with Crippen LogP contribution in [0.4, 0.5) is 0 Å². The van der Waals surface area contributed by atoms with Crippen LogP contribution < -0.4 is 16.0 Å². The van der Waals surface area contributed by atoms with Crippen LogP contribution in [0.5, 0.6) is 0 Å². The zero-order valence-electron chi connectivity index (χ0n) is 20.1. The van der Waals surface area contributed by atoms with Crippen molar-refractivity contribution in [1.82, 2.24) is 16.0 Å². The molecule has 3 amide bonds. The summed E-state index contributed by atoms with van der Waals surface area (Å²) in [4.78, 5) is 61.3. The lowest BCUT2D eigenvalue weighted by molar-refractivity contribution is -0.158. The quantitative estimate of drug-likeness (QED) is 0.188. The fourth-order valence-corrected chi connectivity index (χ4v) is 4.39. The van der Waals surface area contributed by atoms with E-state index in [2.05, 4.69) is 16.0 Å². The zero-order valence-corrected chi connectivity index (χ0v) is 21.7. The largest absolute Gasteiger partial charge is 0.460 e. The maximum Gasteiger partial charge on any atom is 0.310 e. The van der Waals surface area contributed by atoms with Crippen molar-refractivity contribution in [1.29, 1.82) is 0 Å². The van der Waals surface area contributed by atoms with Crippen LogP contribution in [0.3, 0.4) is 0 Å². The molecule has 0 saturated carbocycles. The van der Waals surface area contributed by atoms with Crippen LogP contribution in [0, 0.1) is 5.92 Å². The molecule has 1 heterocycles. The van der Waals surface area contributed by atoms with Crippen molar-refractivity contribution in [2.45, 2.75) is 64.7 Å². The van der Waals surface area contributed by atoms with E-state index in [1.807, 2.05) is 26.2 Å². The summed E-state index contributed by atoms with van der Waals surface area (Å²) in [6.45, 7) is 4.36. The lowest BCUT2D eigenvalue weighted by atomic mass is 9.92. The summed E-state index contributed by atoms with van der Waals surface area (Å²) < 4.78 is 10.9. The number of hydrogen-bond acceptors (Lipinski definition) is 9. The summed E-state index contributed by atoms with van der Waals surface area (Å²) in [5.41, 5.74) is 0. The predicted molar refractivity (Wildman–Crippen MR) is 132 cm³/mol. The number of ether oxygens (including phenoxy) is 2. The first-order valence-electron chi connectivity index (χ1n) is 11.2. The summed E-state index contributed by atoms with van der Waals surface area (Å²) >= 11 is 0. The van der Waals surface area contributed by atoms with Crippen molar-refractivity contribution in [3.63, 3.8) is 0 Å². The van der Waals surface area contributed by atoms with E-state index < -0.39 is 47.9 Å². The fourth-order valence-electron chi connectivity index (χ4n) is 3.20. The topological polar surface area (TPSA) is 140 Å². The minimum Gasteiger partial charge on any atom is -0.460 e. The van der Waals surface area contributed by atoms with Gasteiger partial charge in [0.05, 0.1) is 32.0 Å². The molecule has 0 bridgehead atoms. The van der Waals surface area contributed by atoms with E-state index in [-0.39, 0.29) is 31.8 Å². The van der Waals surface area contributed by atoms with Crippen molar-refractivity contribution in [2.24, 2.45) is 5.92 Å². The molecule has 4 atom stereocenters. The second-order valence-electron chi connectivity index (χ2n) is 7.82. The number of amides is 3. The van der Waals surface area contributed by atoms with Gasteiger partial charge in [0.1, 0.15) is 12.2 Å². The molecule has 10 nitrogen and oxygen atoms in total. The van der Waals surface area contributed by atoms with Gasteiger partial charge in [0.15, 0.2) is 0 Å². The Morgan fingerprint density at radius 3 is 2.47 bits per heavy atom. The number of nitrogens with one attached hydrogen (secondary N) is 3. The maximum atomic E-state index is 12.8. The highest BCUT2D eigenvalue weighted by Gasteiger charge is 2.33. The number of esters is 2. The molecule has 0 aromatic heterocycles. The van der Waals surface area contributed by atoms with E-state index in [9.17, 15) is 24.0 Å². The van der Waals surface area contributed by atoms with E-state index >= 15 is 0 Å². The van der Waals surface area contributed by atoms with Gasteiger partial charge in [0, 0.05) is 12.7 Å². The number of carbonyl (C=O) groups is 5.